The Morgan fingerprint density at radius 1 is 1.12 bits per heavy atom. The highest BCUT2D eigenvalue weighted by molar-refractivity contribution is 8.14. The van der Waals surface area contributed by atoms with Crippen LogP contribution in [0.2, 0.25) is 0 Å². The van der Waals surface area contributed by atoms with Gasteiger partial charge in [-0.15, -0.1) is 0 Å². The largest absolute Gasteiger partial charge is 0.321 e. The second kappa shape index (κ2) is 7.53. The number of nitrogens with zero attached hydrogens (tertiary/aromatic N) is 1. The number of nitrogens with one attached hydrogen (secondary N) is 1. The lowest BCUT2D eigenvalue weighted by molar-refractivity contribution is -0.125. The molecular formula is C19H16N2O4S. The first kappa shape index (κ1) is 17.9. The number of benzene rings is 2. The fourth-order valence-electron chi connectivity index (χ4n) is 2.62. The van der Waals surface area contributed by atoms with Crippen LogP contribution in [0.1, 0.15) is 33.2 Å². The zero-order valence-corrected chi connectivity index (χ0v) is 14.8. The van der Waals surface area contributed by atoms with Crippen LogP contribution in [0.25, 0.3) is 0 Å². The summed E-state index contributed by atoms with van der Waals surface area (Å²) >= 11 is 0.976. The van der Waals surface area contributed by atoms with E-state index in [4.69, 9.17) is 0 Å². The lowest BCUT2D eigenvalue weighted by Gasteiger charge is -2.14. The molecule has 0 spiro atoms. The summed E-state index contributed by atoms with van der Waals surface area (Å²) in [5.74, 6) is -0.585. The highest BCUT2D eigenvalue weighted by Gasteiger charge is 2.29. The summed E-state index contributed by atoms with van der Waals surface area (Å²) in [6.45, 7) is 1.57. The van der Waals surface area contributed by atoms with Gasteiger partial charge in [0.05, 0.1) is 18.0 Å². The van der Waals surface area contributed by atoms with Crippen molar-refractivity contribution in [3.63, 3.8) is 0 Å². The van der Waals surface area contributed by atoms with Crippen molar-refractivity contribution < 1.29 is 19.2 Å². The Morgan fingerprint density at radius 2 is 1.88 bits per heavy atom. The van der Waals surface area contributed by atoms with E-state index in [2.05, 4.69) is 5.32 Å². The zero-order chi connectivity index (χ0) is 18.7. The van der Waals surface area contributed by atoms with E-state index in [9.17, 15) is 19.2 Å². The van der Waals surface area contributed by atoms with Crippen molar-refractivity contribution in [2.75, 3.05) is 11.1 Å². The Bertz CT molecular complexity index is 894. The molecule has 1 N–H and O–H groups in total. The Hall–Kier alpha value is -2.93. The summed E-state index contributed by atoms with van der Waals surface area (Å²) in [6.07, 6.45) is 0. The number of amides is 3. The third-order valence-electron chi connectivity index (χ3n) is 3.92. The highest BCUT2D eigenvalue weighted by atomic mass is 32.2. The minimum atomic E-state index is -0.367. The summed E-state index contributed by atoms with van der Waals surface area (Å²) in [5, 5.41) is 2.46. The van der Waals surface area contributed by atoms with Crippen molar-refractivity contribution >= 4 is 40.3 Å². The van der Waals surface area contributed by atoms with Crippen molar-refractivity contribution in [1.82, 2.24) is 4.90 Å². The van der Waals surface area contributed by atoms with E-state index in [1.807, 2.05) is 0 Å². The quantitative estimate of drug-likeness (QED) is 0.819. The number of rotatable bonds is 5. The van der Waals surface area contributed by atoms with Crippen LogP contribution in [-0.2, 0) is 11.3 Å². The zero-order valence-electron chi connectivity index (χ0n) is 14.0. The van der Waals surface area contributed by atoms with Gasteiger partial charge < -0.3 is 5.32 Å². The van der Waals surface area contributed by atoms with Crippen LogP contribution in [0.3, 0.4) is 0 Å². The summed E-state index contributed by atoms with van der Waals surface area (Å²) in [6, 6.07) is 13.5. The molecule has 3 amide bonds. The molecule has 6 nitrogen and oxygen atoms in total. The molecule has 0 unspecified atom stereocenters. The van der Waals surface area contributed by atoms with Gasteiger partial charge in [0.15, 0.2) is 5.78 Å². The van der Waals surface area contributed by atoms with Crippen LogP contribution < -0.4 is 5.32 Å². The number of thioether (sulfide) groups is 1. The SMILES string of the molecule is CC(=O)c1ccccc1NC(=O)c1cccc(CN2C(=O)CSC2=O)c1. The molecule has 1 heterocycles. The van der Waals surface area contributed by atoms with Crippen LogP contribution in [0, 0.1) is 0 Å². The van der Waals surface area contributed by atoms with E-state index in [1.165, 1.54) is 11.8 Å². The number of hydrogen-bond acceptors (Lipinski definition) is 5. The van der Waals surface area contributed by atoms with Gasteiger partial charge in [0, 0.05) is 11.1 Å². The second-order valence-corrected chi connectivity index (χ2v) is 6.72. The molecule has 1 aliphatic rings. The third kappa shape index (κ3) is 3.83. The summed E-state index contributed by atoms with van der Waals surface area (Å²) in [5.41, 5.74) is 1.94. The maximum absolute atomic E-state index is 12.5. The van der Waals surface area contributed by atoms with Gasteiger partial charge in [-0.1, -0.05) is 36.0 Å². The normalized spacial score (nSPS) is 13.8. The smallest absolute Gasteiger partial charge is 0.289 e. The molecule has 0 aliphatic carbocycles. The van der Waals surface area contributed by atoms with Gasteiger partial charge in [0.2, 0.25) is 5.91 Å². The van der Waals surface area contributed by atoms with Gasteiger partial charge in [0.1, 0.15) is 0 Å². The maximum Gasteiger partial charge on any atom is 0.289 e. The number of carbonyl (C=O) groups is 4. The molecule has 0 atom stereocenters. The number of carbonyl (C=O) groups excluding carboxylic acids is 4. The van der Waals surface area contributed by atoms with Gasteiger partial charge in [-0.05, 0) is 36.8 Å². The van der Waals surface area contributed by atoms with E-state index in [1.54, 1.807) is 48.5 Å². The minimum Gasteiger partial charge on any atom is -0.321 e. The lowest BCUT2D eigenvalue weighted by Crippen LogP contribution is -2.28. The molecule has 132 valence electrons. The first-order chi connectivity index (χ1) is 12.5. The first-order valence-electron chi connectivity index (χ1n) is 7.93. The number of ketones is 1. The number of para-hydroxylation sites is 1. The average Bonchev–Trinajstić information content (AvgIpc) is 2.94. The molecule has 0 radical (unpaired) electrons. The number of hydrogen-bond donors (Lipinski definition) is 1. The second-order valence-electron chi connectivity index (χ2n) is 5.79. The van der Waals surface area contributed by atoms with Crippen LogP contribution in [0.5, 0.6) is 0 Å². The molecule has 2 aromatic carbocycles. The minimum absolute atomic E-state index is 0.135. The van der Waals surface area contributed by atoms with Gasteiger partial charge >= 0.3 is 0 Å². The van der Waals surface area contributed by atoms with Crippen molar-refractivity contribution in [3.05, 3.63) is 65.2 Å². The summed E-state index contributed by atoms with van der Waals surface area (Å²) in [7, 11) is 0. The average molecular weight is 368 g/mol. The molecule has 0 aromatic heterocycles. The molecule has 0 saturated carbocycles. The van der Waals surface area contributed by atoms with Crippen LogP contribution in [0.4, 0.5) is 10.5 Å². The molecule has 3 rings (SSSR count). The Balaban J connectivity index is 1.78. The van der Waals surface area contributed by atoms with E-state index in [0.29, 0.717) is 22.4 Å². The topological polar surface area (TPSA) is 83.6 Å². The van der Waals surface area contributed by atoms with Crippen molar-refractivity contribution in [2.24, 2.45) is 0 Å². The summed E-state index contributed by atoms with van der Waals surface area (Å²) < 4.78 is 0. The number of imide groups is 1. The summed E-state index contributed by atoms with van der Waals surface area (Å²) in [4.78, 5) is 48.8. The van der Waals surface area contributed by atoms with Gasteiger partial charge in [-0.2, -0.15) is 0 Å². The Morgan fingerprint density at radius 3 is 2.58 bits per heavy atom. The molecule has 2 aromatic rings. The van der Waals surface area contributed by atoms with E-state index < -0.39 is 0 Å². The molecule has 1 saturated heterocycles. The predicted molar refractivity (Wildman–Crippen MR) is 99.2 cm³/mol. The fourth-order valence-corrected chi connectivity index (χ4v) is 3.35. The van der Waals surface area contributed by atoms with Gasteiger partial charge in [0.25, 0.3) is 11.1 Å². The monoisotopic (exact) mass is 368 g/mol. The lowest BCUT2D eigenvalue weighted by atomic mass is 10.1. The van der Waals surface area contributed by atoms with E-state index >= 15 is 0 Å². The van der Waals surface area contributed by atoms with Crippen LogP contribution in [-0.4, -0.2) is 33.5 Å². The van der Waals surface area contributed by atoms with Crippen LogP contribution >= 0.6 is 11.8 Å². The molecule has 0 bridgehead atoms. The third-order valence-corrected chi connectivity index (χ3v) is 4.78. The van der Waals surface area contributed by atoms with Gasteiger partial charge in [-0.25, -0.2) is 0 Å². The fraction of sp³-hybridized carbons (Fsp3) is 0.158. The Kier molecular flexibility index (Phi) is 5.18. The molecule has 1 fully saturated rings. The molecule has 7 heteroatoms. The number of anilines is 1. The van der Waals surface area contributed by atoms with Crippen molar-refractivity contribution in [3.8, 4) is 0 Å². The van der Waals surface area contributed by atoms with Crippen molar-refractivity contribution in [2.45, 2.75) is 13.5 Å². The van der Waals surface area contributed by atoms with Crippen molar-refractivity contribution in [1.29, 1.82) is 0 Å². The maximum atomic E-state index is 12.5. The standard InChI is InChI=1S/C19H16N2O4S/c1-12(22)15-7-2-3-8-16(15)20-18(24)14-6-4-5-13(9-14)10-21-17(23)11-26-19(21)25/h2-9H,10-11H2,1H3,(H,20,24). The van der Waals surface area contributed by atoms with E-state index in [-0.39, 0.29) is 35.1 Å². The van der Waals surface area contributed by atoms with Crippen LogP contribution in [0.15, 0.2) is 48.5 Å². The predicted octanol–water partition coefficient (Wildman–Crippen LogP) is 3.34. The molecule has 1 aliphatic heterocycles. The Labute approximate surface area is 154 Å². The van der Waals surface area contributed by atoms with E-state index in [0.717, 1.165) is 11.8 Å². The number of Topliss-reactive ketones (excluding diaryl/α,β-unsaturated/α-hetero) is 1. The highest BCUT2D eigenvalue weighted by Crippen LogP contribution is 2.22. The molecule has 26 heavy (non-hydrogen) atoms. The van der Waals surface area contributed by atoms with Gasteiger partial charge in [-0.3, -0.25) is 24.1 Å². The molecular weight excluding hydrogens is 352 g/mol. The first-order valence-corrected chi connectivity index (χ1v) is 8.91.